The van der Waals surface area contributed by atoms with Crippen molar-refractivity contribution in [2.75, 3.05) is 24.6 Å². The number of nitrogens with one attached hydrogen (secondary N) is 1. The maximum Gasteiger partial charge on any atom is 0.151 e. The van der Waals surface area contributed by atoms with E-state index in [-0.39, 0.29) is 6.04 Å². The molecule has 4 nitrogen and oxygen atoms in total. The standard InChI is InChI=1S/C12H24N2O2S/c1-3-11-8-14(10(2)7-13-11)12-5-4-6-17(15,16)9-12/h10-13H,3-9H2,1-2H3. The van der Waals surface area contributed by atoms with E-state index in [1.54, 1.807) is 0 Å². The number of piperazine rings is 1. The quantitative estimate of drug-likeness (QED) is 0.791. The molecule has 0 radical (unpaired) electrons. The van der Waals surface area contributed by atoms with E-state index in [0.29, 0.717) is 23.6 Å². The minimum Gasteiger partial charge on any atom is -0.311 e. The van der Waals surface area contributed by atoms with E-state index in [9.17, 15) is 8.42 Å². The SMILES string of the molecule is CCC1CN(C2CCCS(=O)(=O)C2)C(C)CN1. The van der Waals surface area contributed by atoms with Gasteiger partial charge in [-0.25, -0.2) is 8.42 Å². The monoisotopic (exact) mass is 260 g/mol. The van der Waals surface area contributed by atoms with Crippen LogP contribution in [0.2, 0.25) is 0 Å². The Bertz CT molecular complexity index is 356. The topological polar surface area (TPSA) is 49.4 Å². The molecule has 5 heteroatoms. The molecule has 100 valence electrons. The summed E-state index contributed by atoms with van der Waals surface area (Å²) in [6, 6.07) is 1.23. The van der Waals surface area contributed by atoms with Crippen molar-refractivity contribution in [3.63, 3.8) is 0 Å². The van der Waals surface area contributed by atoms with Gasteiger partial charge in [0.05, 0.1) is 11.5 Å². The van der Waals surface area contributed by atoms with Gasteiger partial charge in [-0.05, 0) is 26.2 Å². The molecule has 2 aliphatic rings. The largest absolute Gasteiger partial charge is 0.311 e. The van der Waals surface area contributed by atoms with Crippen molar-refractivity contribution >= 4 is 9.84 Å². The summed E-state index contributed by atoms with van der Waals surface area (Å²) in [7, 11) is -2.79. The number of sulfone groups is 1. The molecule has 0 aromatic carbocycles. The maximum absolute atomic E-state index is 11.7. The summed E-state index contributed by atoms with van der Waals surface area (Å²) in [6.45, 7) is 6.36. The van der Waals surface area contributed by atoms with Crippen molar-refractivity contribution in [3.05, 3.63) is 0 Å². The Morgan fingerprint density at radius 2 is 2.18 bits per heavy atom. The lowest BCUT2D eigenvalue weighted by molar-refractivity contribution is 0.0924. The lowest BCUT2D eigenvalue weighted by Crippen LogP contribution is -2.60. The Hall–Kier alpha value is -0.130. The van der Waals surface area contributed by atoms with Crippen molar-refractivity contribution in [2.24, 2.45) is 0 Å². The summed E-state index contributed by atoms with van der Waals surface area (Å²) < 4.78 is 23.4. The zero-order valence-electron chi connectivity index (χ0n) is 10.9. The summed E-state index contributed by atoms with van der Waals surface area (Å²) in [5.41, 5.74) is 0. The van der Waals surface area contributed by atoms with Gasteiger partial charge in [-0.15, -0.1) is 0 Å². The highest BCUT2D eigenvalue weighted by molar-refractivity contribution is 7.91. The average Bonchev–Trinajstić information content (AvgIpc) is 2.28. The van der Waals surface area contributed by atoms with Gasteiger partial charge in [-0.1, -0.05) is 6.92 Å². The van der Waals surface area contributed by atoms with Crippen LogP contribution in [0, 0.1) is 0 Å². The van der Waals surface area contributed by atoms with E-state index in [1.165, 1.54) is 0 Å². The highest BCUT2D eigenvalue weighted by atomic mass is 32.2. The van der Waals surface area contributed by atoms with Crippen LogP contribution in [0.3, 0.4) is 0 Å². The van der Waals surface area contributed by atoms with Crippen LogP contribution in [0.5, 0.6) is 0 Å². The van der Waals surface area contributed by atoms with Crippen LogP contribution in [0.25, 0.3) is 0 Å². The predicted molar refractivity (Wildman–Crippen MR) is 69.9 cm³/mol. The smallest absolute Gasteiger partial charge is 0.151 e. The first-order valence-corrected chi connectivity index (χ1v) is 8.53. The van der Waals surface area contributed by atoms with E-state index >= 15 is 0 Å². The number of rotatable bonds is 2. The second kappa shape index (κ2) is 5.24. The number of nitrogens with zero attached hydrogens (tertiary/aromatic N) is 1. The Morgan fingerprint density at radius 3 is 2.82 bits per heavy atom. The minimum absolute atomic E-state index is 0.250. The van der Waals surface area contributed by atoms with Crippen molar-refractivity contribution < 1.29 is 8.42 Å². The molecular weight excluding hydrogens is 236 g/mol. The van der Waals surface area contributed by atoms with Gasteiger partial charge in [0.15, 0.2) is 9.84 Å². The number of hydrogen-bond acceptors (Lipinski definition) is 4. The molecule has 3 unspecified atom stereocenters. The highest BCUT2D eigenvalue weighted by Crippen LogP contribution is 2.22. The molecule has 2 aliphatic heterocycles. The van der Waals surface area contributed by atoms with Gasteiger partial charge in [0.2, 0.25) is 0 Å². The zero-order chi connectivity index (χ0) is 12.5. The molecule has 2 rings (SSSR count). The van der Waals surface area contributed by atoms with Gasteiger partial charge < -0.3 is 5.32 Å². The van der Waals surface area contributed by atoms with Gasteiger partial charge in [-0.2, -0.15) is 0 Å². The molecule has 2 heterocycles. The van der Waals surface area contributed by atoms with Crippen molar-refractivity contribution in [1.82, 2.24) is 10.2 Å². The van der Waals surface area contributed by atoms with E-state index < -0.39 is 9.84 Å². The molecular formula is C12H24N2O2S. The second-order valence-corrected chi connectivity index (χ2v) is 7.70. The molecule has 0 aromatic heterocycles. The Morgan fingerprint density at radius 1 is 1.41 bits per heavy atom. The summed E-state index contributed by atoms with van der Waals surface area (Å²) in [5, 5.41) is 3.52. The van der Waals surface area contributed by atoms with E-state index in [1.807, 2.05) is 0 Å². The molecule has 2 fully saturated rings. The lowest BCUT2D eigenvalue weighted by Gasteiger charge is -2.44. The van der Waals surface area contributed by atoms with Crippen LogP contribution in [-0.2, 0) is 9.84 Å². The molecule has 3 atom stereocenters. The second-order valence-electron chi connectivity index (χ2n) is 5.47. The fourth-order valence-electron chi connectivity index (χ4n) is 3.00. The Balaban J connectivity index is 2.04. The zero-order valence-corrected chi connectivity index (χ0v) is 11.7. The molecule has 1 N–H and O–H groups in total. The van der Waals surface area contributed by atoms with Gasteiger partial charge in [0.1, 0.15) is 0 Å². The van der Waals surface area contributed by atoms with Gasteiger partial charge in [0, 0.05) is 31.2 Å². The van der Waals surface area contributed by atoms with Crippen LogP contribution in [0.1, 0.15) is 33.1 Å². The van der Waals surface area contributed by atoms with Crippen molar-refractivity contribution in [3.8, 4) is 0 Å². The molecule has 0 aromatic rings. The van der Waals surface area contributed by atoms with Crippen LogP contribution in [0.15, 0.2) is 0 Å². The summed E-state index contributed by atoms with van der Waals surface area (Å²) >= 11 is 0. The van der Waals surface area contributed by atoms with Crippen molar-refractivity contribution in [2.45, 2.75) is 51.2 Å². The summed E-state index contributed by atoms with van der Waals surface area (Å²) in [5.74, 6) is 0.759. The van der Waals surface area contributed by atoms with Crippen LogP contribution >= 0.6 is 0 Å². The predicted octanol–water partition coefficient (Wildman–Crippen LogP) is 0.636. The fraction of sp³-hybridized carbons (Fsp3) is 1.00. The molecule has 0 amide bonds. The van der Waals surface area contributed by atoms with E-state index in [4.69, 9.17) is 0 Å². The molecule has 17 heavy (non-hydrogen) atoms. The van der Waals surface area contributed by atoms with E-state index in [2.05, 4.69) is 24.1 Å². The summed E-state index contributed by atoms with van der Waals surface area (Å²) in [6.07, 6.45) is 2.99. The molecule has 0 bridgehead atoms. The van der Waals surface area contributed by atoms with Gasteiger partial charge in [0.25, 0.3) is 0 Å². The third-order valence-corrected chi connectivity index (χ3v) is 5.90. The van der Waals surface area contributed by atoms with Crippen LogP contribution in [0.4, 0.5) is 0 Å². The van der Waals surface area contributed by atoms with Crippen LogP contribution in [-0.4, -0.2) is 56.0 Å². The third-order valence-electron chi connectivity index (χ3n) is 4.10. The van der Waals surface area contributed by atoms with Gasteiger partial charge >= 0.3 is 0 Å². The normalized spacial score (nSPS) is 39.1. The molecule has 0 saturated carbocycles. The Kier molecular flexibility index (Phi) is 4.10. The third kappa shape index (κ3) is 3.20. The first-order chi connectivity index (χ1) is 8.02. The van der Waals surface area contributed by atoms with Crippen LogP contribution < -0.4 is 5.32 Å². The van der Waals surface area contributed by atoms with Crippen molar-refractivity contribution in [1.29, 1.82) is 0 Å². The first kappa shape index (κ1) is 13.3. The highest BCUT2D eigenvalue weighted by Gasteiger charge is 2.34. The first-order valence-electron chi connectivity index (χ1n) is 6.71. The maximum atomic E-state index is 11.7. The van der Waals surface area contributed by atoms with E-state index in [0.717, 1.165) is 32.4 Å². The average molecular weight is 260 g/mol. The molecule has 2 saturated heterocycles. The lowest BCUT2D eigenvalue weighted by atomic mass is 10.0. The minimum atomic E-state index is -2.79. The van der Waals surface area contributed by atoms with Gasteiger partial charge in [-0.3, -0.25) is 4.90 Å². The molecule has 0 aliphatic carbocycles. The number of hydrogen-bond donors (Lipinski definition) is 1. The Labute approximate surface area is 105 Å². The molecule has 0 spiro atoms. The fourth-order valence-corrected chi connectivity index (χ4v) is 4.71. The summed E-state index contributed by atoms with van der Waals surface area (Å²) in [4.78, 5) is 2.42.